The zero-order valence-electron chi connectivity index (χ0n) is 27.4. The van der Waals surface area contributed by atoms with E-state index in [0.29, 0.717) is 12.1 Å². The van der Waals surface area contributed by atoms with Crippen molar-refractivity contribution in [3.05, 3.63) is 70.8 Å². The molecule has 1 amide bonds. The Morgan fingerprint density at radius 1 is 0.698 bits per heavy atom. The van der Waals surface area contributed by atoms with Crippen LogP contribution in [-0.4, -0.2) is 41.3 Å². The van der Waals surface area contributed by atoms with E-state index in [2.05, 4.69) is 37.8 Å². The normalized spacial score (nSPS) is 16.3. The molecule has 1 N–H and O–H groups in total. The largest absolute Gasteiger partial charge is 0.507 e. The number of Topliss-reactive ketones (excluding diaryl/α,β-unsaturated/α-hetero) is 1. The van der Waals surface area contributed by atoms with Crippen molar-refractivity contribution >= 4 is 23.1 Å². The monoisotopic (exact) mass is 588 g/mol. The Morgan fingerprint density at radius 2 is 1.19 bits per heavy atom. The second kappa shape index (κ2) is 18.6. The summed E-state index contributed by atoms with van der Waals surface area (Å²) in [6, 6.07) is 15.0. The molecule has 0 bridgehead atoms. The van der Waals surface area contributed by atoms with Crippen LogP contribution in [0.2, 0.25) is 0 Å². The van der Waals surface area contributed by atoms with E-state index in [1.54, 1.807) is 4.90 Å². The summed E-state index contributed by atoms with van der Waals surface area (Å²) in [5.74, 6) is -1.21. The second-order valence-corrected chi connectivity index (χ2v) is 12.2. The molecule has 1 aliphatic heterocycles. The first-order chi connectivity index (χ1) is 20.9. The number of unbranched alkanes of at least 4 members (excludes halogenated alkanes) is 13. The van der Waals surface area contributed by atoms with Crippen LogP contribution in [-0.2, 0) is 9.59 Å². The quantitative estimate of drug-likeness (QED) is 0.0724. The van der Waals surface area contributed by atoms with Crippen molar-refractivity contribution in [3.63, 3.8) is 0 Å². The summed E-state index contributed by atoms with van der Waals surface area (Å²) >= 11 is 0. The van der Waals surface area contributed by atoms with Crippen LogP contribution in [0.25, 0.3) is 5.76 Å². The first-order valence-corrected chi connectivity index (χ1v) is 17.1. The third kappa shape index (κ3) is 9.98. The highest BCUT2D eigenvalue weighted by Crippen LogP contribution is 2.40. The van der Waals surface area contributed by atoms with Gasteiger partial charge in [0.25, 0.3) is 11.7 Å². The molecule has 5 nitrogen and oxygen atoms in total. The van der Waals surface area contributed by atoms with Gasteiger partial charge in [-0.1, -0.05) is 132 Å². The summed E-state index contributed by atoms with van der Waals surface area (Å²) < 4.78 is 0. The molecule has 1 heterocycles. The molecule has 1 aliphatic rings. The maximum absolute atomic E-state index is 13.4. The molecule has 1 fully saturated rings. The minimum absolute atomic E-state index is 0.0976. The smallest absolute Gasteiger partial charge is 0.295 e. The number of aliphatic hydroxyl groups excluding tert-OH is 1. The molecular weight excluding hydrogens is 532 g/mol. The van der Waals surface area contributed by atoms with Crippen molar-refractivity contribution in [3.8, 4) is 0 Å². The number of amides is 1. The molecule has 0 saturated carbocycles. The van der Waals surface area contributed by atoms with Crippen LogP contribution >= 0.6 is 0 Å². The van der Waals surface area contributed by atoms with Gasteiger partial charge in [0.2, 0.25) is 0 Å². The fourth-order valence-electron chi connectivity index (χ4n) is 6.26. The second-order valence-electron chi connectivity index (χ2n) is 12.2. The van der Waals surface area contributed by atoms with Gasteiger partial charge in [0.1, 0.15) is 5.76 Å². The van der Waals surface area contributed by atoms with Crippen LogP contribution in [0.4, 0.5) is 5.69 Å². The lowest BCUT2D eigenvalue weighted by molar-refractivity contribution is -0.139. The van der Waals surface area contributed by atoms with Crippen molar-refractivity contribution in [1.29, 1.82) is 0 Å². The Hall–Kier alpha value is -3.08. The molecule has 236 valence electrons. The number of ketones is 1. The summed E-state index contributed by atoms with van der Waals surface area (Å²) in [6.07, 6.45) is 17.8. The maximum Gasteiger partial charge on any atom is 0.295 e. The van der Waals surface area contributed by atoms with Crippen molar-refractivity contribution in [1.82, 2.24) is 4.90 Å². The number of benzene rings is 2. The van der Waals surface area contributed by atoms with E-state index in [1.807, 2.05) is 43.3 Å². The van der Waals surface area contributed by atoms with Crippen molar-refractivity contribution < 1.29 is 14.7 Å². The standard InChI is InChI=1S/C38H56N2O3/c1-5-8-9-10-11-12-13-14-15-16-17-18-19-20-29-40-35(31-25-27-33(28-26-31)39(6-2)7-3)34(37(42)38(40)43)36(41)32-23-21-30(4)22-24-32/h21-28,35,41H,5-20,29H2,1-4H3/b36-34-. The highest BCUT2D eigenvalue weighted by molar-refractivity contribution is 6.46. The van der Waals surface area contributed by atoms with E-state index in [-0.39, 0.29) is 11.3 Å². The first kappa shape index (κ1) is 34.4. The van der Waals surface area contributed by atoms with Crippen LogP contribution < -0.4 is 4.90 Å². The lowest BCUT2D eigenvalue weighted by Gasteiger charge is -2.26. The summed E-state index contributed by atoms with van der Waals surface area (Å²) in [6.45, 7) is 10.8. The molecule has 1 unspecified atom stereocenters. The summed E-state index contributed by atoms with van der Waals surface area (Å²) in [7, 11) is 0. The maximum atomic E-state index is 13.4. The molecule has 0 radical (unpaired) electrons. The van der Waals surface area contributed by atoms with Crippen LogP contribution in [0.3, 0.4) is 0 Å². The Labute approximate surface area is 261 Å². The Balaban J connectivity index is 1.61. The summed E-state index contributed by atoms with van der Waals surface area (Å²) in [4.78, 5) is 30.7. The molecule has 1 atom stereocenters. The third-order valence-electron chi connectivity index (χ3n) is 8.95. The zero-order chi connectivity index (χ0) is 31.0. The molecule has 0 spiro atoms. The number of carbonyl (C=O) groups is 2. The molecule has 43 heavy (non-hydrogen) atoms. The van der Waals surface area contributed by atoms with Gasteiger partial charge in [-0.25, -0.2) is 0 Å². The van der Waals surface area contributed by atoms with Crippen molar-refractivity contribution in [2.45, 2.75) is 124 Å². The summed E-state index contributed by atoms with van der Waals surface area (Å²) in [5, 5.41) is 11.3. The highest BCUT2D eigenvalue weighted by atomic mass is 16.3. The van der Waals surface area contributed by atoms with Gasteiger partial charge < -0.3 is 14.9 Å². The van der Waals surface area contributed by atoms with E-state index < -0.39 is 17.7 Å². The molecule has 2 aromatic rings. The lowest BCUT2D eigenvalue weighted by Crippen LogP contribution is -2.30. The number of likely N-dealkylation sites (tertiary alicyclic amines) is 1. The van der Waals surface area contributed by atoms with Crippen molar-refractivity contribution in [2.75, 3.05) is 24.5 Å². The molecule has 2 aromatic carbocycles. The number of rotatable bonds is 20. The van der Waals surface area contributed by atoms with Crippen LogP contribution in [0.15, 0.2) is 54.1 Å². The van der Waals surface area contributed by atoms with Crippen molar-refractivity contribution in [2.24, 2.45) is 0 Å². The molecule has 3 rings (SSSR count). The highest BCUT2D eigenvalue weighted by Gasteiger charge is 2.45. The summed E-state index contributed by atoms with van der Waals surface area (Å²) in [5.41, 5.74) is 3.78. The van der Waals surface area contributed by atoms with E-state index >= 15 is 0 Å². The van der Waals surface area contributed by atoms with E-state index in [1.165, 1.54) is 70.6 Å². The third-order valence-corrected chi connectivity index (χ3v) is 8.95. The van der Waals surface area contributed by atoms with E-state index in [4.69, 9.17) is 0 Å². The van der Waals surface area contributed by atoms with Gasteiger partial charge in [0.15, 0.2) is 0 Å². The average molecular weight is 589 g/mol. The SMILES string of the molecule is CCCCCCCCCCCCCCCCN1C(=O)C(=O)/C(=C(\O)c2ccc(C)cc2)C1c1ccc(N(CC)CC)cc1. The number of hydrogen-bond donors (Lipinski definition) is 1. The van der Waals surface area contributed by atoms with Crippen LogP contribution in [0.1, 0.15) is 133 Å². The molecule has 1 saturated heterocycles. The topological polar surface area (TPSA) is 60.9 Å². The van der Waals surface area contributed by atoms with Crippen LogP contribution in [0.5, 0.6) is 0 Å². The molecule has 5 heteroatoms. The number of anilines is 1. The lowest BCUT2D eigenvalue weighted by atomic mass is 9.94. The predicted molar refractivity (Wildman–Crippen MR) is 181 cm³/mol. The Kier molecular flexibility index (Phi) is 14.8. The zero-order valence-corrected chi connectivity index (χ0v) is 27.4. The molecule has 0 aromatic heterocycles. The van der Waals surface area contributed by atoms with Gasteiger partial charge >= 0.3 is 0 Å². The predicted octanol–water partition coefficient (Wildman–Crippen LogP) is 9.74. The van der Waals surface area contributed by atoms with Gasteiger partial charge in [0, 0.05) is 30.9 Å². The molecule has 0 aliphatic carbocycles. The first-order valence-electron chi connectivity index (χ1n) is 17.1. The minimum Gasteiger partial charge on any atom is -0.507 e. The average Bonchev–Trinajstić information content (AvgIpc) is 3.27. The fraction of sp³-hybridized carbons (Fsp3) is 0.579. The molecular formula is C38H56N2O3. The number of aliphatic hydroxyl groups is 1. The number of aryl methyl sites for hydroxylation is 1. The minimum atomic E-state index is -0.596. The Morgan fingerprint density at radius 3 is 1.67 bits per heavy atom. The van der Waals surface area contributed by atoms with E-state index in [9.17, 15) is 14.7 Å². The number of carbonyl (C=O) groups excluding carboxylic acids is 2. The van der Waals surface area contributed by atoms with Gasteiger partial charge in [-0.2, -0.15) is 0 Å². The fourth-order valence-corrected chi connectivity index (χ4v) is 6.26. The van der Waals surface area contributed by atoms with Gasteiger partial charge in [-0.3, -0.25) is 9.59 Å². The van der Waals surface area contributed by atoms with Gasteiger partial charge in [-0.05, 0) is 44.9 Å². The number of nitrogens with zero attached hydrogens (tertiary/aromatic N) is 2. The Bertz CT molecular complexity index is 1150. The van der Waals surface area contributed by atoms with Gasteiger partial charge in [0.05, 0.1) is 11.6 Å². The van der Waals surface area contributed by atoms with Crippen LogP contribution in [0, 0.1) is 6.92 Å². The van der Waals surface area contributed by atoms with E-state index in [0.717, 1.165) is 49.2 Å². The van der Waals surface area contributed by atoms with Gasteiger partial charge in [-0.15, -0.1) is 0 Å². The number of hydrogen-bond acceptors (Lipinski definition) is 4.